The first-order valence-electron chi connectivity index (χ1n) is 12.9. The fourth-order valence-corrected chi connectivity index (χ4v) is 4.78. The topological polar surface area (TPSA) is 158 Å². The molecule has 1 aliphatic heterocycles. The number of benzene rings is 3. The van der Waals surface area contributed by atoms with Gasteiger partial charge in [-0.3, -0.25) is 14.8 Å². The van der Waals surface area contributed by atoms with Crippen LogP contribution in [-0.2, 0) is 10.3 Å². The Balaban J connectivity index is 0.000000493. The van der Waals surface area contributed by atoms with E-state index in [9.17, 15) is 22.8 Å². The highest BCUT2D eigenvalue weighted by Gasteiger charge is 2.42. The van der Waals surface area contributed by atoms with Crippen LogP contribution in [-0.4, -0.2) is 39.7 Å². The predicted octanol–water partition coefficient (Wildman–Crippen LogP) is 5.14. The maximum absolute atomic E-state index is 13.6. The molecule has 3 aromatic carbocycles. The smallest absolute Gasteiger partial charge is 0.490 e. The number of aromatic nitrogens is 2. The number of carboxylic acid groups (broad SMARTS) is 1. The van der Waals surface area contributed by atoms with E-state index in [0.29, 0.717) is 46.7 Å². The zero-order valence-corrected chi connectivity index (χ0v) is 22.5. The van der Waals surface area contributed by atoms with Crippen molar-refractivity contribution in [2.75, 3.05) is 6.61 Å². The number of halogens is 3. The SMILES string of the molecule is N#Cc1ccc(-c2ccc(C3(NC(=O)c4ccc5oc(=O)[nH]c5c4)CCOc4cccnc43)cc2)cc1.O=C(O)C(F)(F)F. The molecular formula is C31H21F3N4O6. The molecule has 44 heavy (non-hydrogen) atoms. The van der Waals surface area contributed by atoms with E-state index < -0.39 is 23.4 Å². The van der Waals surface area contributed by atoms with E-state index in [0.717, 1.165) is 16.7 Å². The molecule has 2 aromatic heterocycles. The summed E-state index contributed by atoms with van der Waals surface area (Å²) in [7, 11) is 0. The number of carbonyl (C=O) groups excluding carboxylic acids is 1. The molecular weight excluding hydrogens is 581 g/mol. The summed E-state index contributed by atoms with van der Waals surface area (Å²) >= 11 is 0. The first-order valence-corrected chi connectivity index (χ1v) is 12.9. The minimum atomic E-state index is -5.08. The van der Waals surface area contributed by atoms with Crippen LogP contribution in [0.15, 0.2) is 94.3 Å². The van der Waals surface area contributed by atoms with Crippen molar-refractivity contribution in [2.45, 2.75) is 18.1 Å². The standard InChI is InChI=1S/C29H20N4O4.C2HF3O2/c30-17-18-3-5-19(6-4-18)20-7-10-22(11-8-20)29(13-15-36-25-2-1-14-31-26(25)29)33-27(34)21-9-12-24-23(16-21)32-28(35)37-24;3-2(4,5)1(6)7/h1-12,14,16H,13,15H2,(H,32,35)(H,33,34);(H,6,7). The summed E-state index contributed by atoms with van der Waals surface area (Å²) in [5.74, 6) is -3.04. The number of oxazole rings is 1. The highest BCUT2D eigenvalue weighted by atomic mass is 19.4. The van der Waals surface area contributed by atoms with E-state index in [1.807, 2.05) is 42.5 Å². The largest absolute Gasteiger partial charge is 0.491 e. The number of nitriles is 1. The number of amides is 1. The van der Waals surface area contributed by atoms with Gasteiger partial charge in [-0.25, -0.2) is 9.59 Å². The first-order chi connectivity index (χ1) is 21.0. The van der Waals surface area contributed by atoms with Gasteiger partial charge in [0.15, 0.2) is 5.58 Å². The molecule has 1 aliphatic rings. The van der Waals surface area contributed by atoms with Crippen molar-refractivity contribution in [2.24, 2.45) is 0 Å². The first kappa shape index (κ1) is 29.6. The van der Waals surface area contributed by atoms with Crippen molar-refractivity contribution in [3.8, 4) is 22.9 Å². The van der Waals surface area contributed by atoms with Crippen molar-refractivity contribution in [1.82, 2.24) is 15.3 Å². The molecule has 0 saturated heterocycles. The Morgan fingerprint density at radius 2 is 1.68 bits per heavy atom. The van der Waals surface area contributed by atoms with E-state index in [1.165, 1.54) is 0 Å². The molecule has 0 saturated carbocycles. The quantitative estimate of drug-likeness (QED) is 0.255. The lowest BCUT2D eigenvalue weighted by Gasteiger charge is -2.39. The summed E-state index contributed by atoms with van der Waals surface area (Å²) in [6, 6.07) is 25.9. The summed E-state index contributed by atoms with van der Waals surface area (Å²) in [6.45, 7) is 0.393. The molecule has 1 atom stereocenters. The second-order valence-electron chi connectivity index (χ2n) is 9.60. The number of alkyl halides is 3. The Kier molecular flexibility index (Phi) is 7.91. The molecule has 1 amide bonds. The number of pyridine rings is 1. The number of nitrogens with one attached hydrogen (secondary N) is 2. The third kappa shape index (κ3) is 6.00. The summed E-state index contributed by atoms with van der Waals surface area (Å²) in [5.41, 5.74) is 4.32. The number of carbonyl (C=O) groups is 2. The van der Waals surface area contributed by atoms with Crippen LogP contribution in [0.5, 0.6) is 5.75 Å². The summed E-state index contributed by atoms with van der Waals surface area (Å²) in [6.07, 6.45) is -2.93. The molecule has 0 radical (unpaired) electrons. The van der Waals surface area contributed by atoms with Crippen LogP contribution in [0.25, 0.3) is 22.2 Å². The summed E-state index contributed by atoms with van der Waals surface area (Å²) in [5, 5.41) is 19.4. The molecule has 0 spiro atoms. The number of rotatable bonds is 4. The van der Waals surface area contributed by atoms with E-state index in [1.54, 1.807) is 42.6 Å². The predicted molar refractivity (Wildman–Crippen MR) is 150 cm³/mol. The molecule has 10 nitrogen and oxygen atoms in total. The Hall–Kier alpha value is -5.90. The number of H-pyrrole nitrogens is 1. The number of fused-ring (bicyclic) bond motifs is 2. The van der Waals surface area contributed by atoms with Gasteiger partial charge in [-0.1, -0.05) is 36.4 Å². The maximum Gasteiger partial charge on any atom is 0.490 e. The maximum atomic E-state index is 13.6. The van der Waals surface area contributed by atoms with Gasteiger partial charge in [-0.15, -0.1) is 0 Å². The lowest BCUT2D eigenvalue weighted by atomic mass is 9.80. The van der Waals surface area contributed by atoms with Crippen LogP contribution in [0.1, 0.15) is 33.6 Å². The van der Waals surface area contributed by atoms with Crippen LogP contribution >= 0.6 is 0 Å². The zero-order chi connectivity index (χ0) is 31.5. The third-order valence-electron chi connectivity index (χ3n) is 6.89. The van der Waals surface area contributed by atoms with Gasteiger partial charge in [0.1, 0.15) is 17.0 Å². The summed E-state index contributed by atoms with van der Waals surface area (Å²) < 4.78 is 42.7. The molecule has 13 heteroatoms. The normalized spacial score (nSPS) is 15.6. The Labute approximate surface area is 246 Å². The fourth-order valence-electron chi connectivity index (χ4n) is 4.78. The number of nitrogens with zero attached hydrogens (tertiary/aromatic N) is 2. The molecule has 1 unspecified atom stereocenters. The lowest BCUT2D eigenvalue weighted by molar-refractivity contribution is -0.192. The van der Waals surface area contributed by atoms with Crippen LogP contribution in [0.2, 0.25) is 0 Å². The van der Waals surface area contributed by atoms with Gasteiger partial charge in [0.05, 0.1) is 23.8 Å². The second-order valence-corrected chi connectivity index (χ2v) is 9.60. The van der Waals surface area contributed by atoms with E-state index in [-0.39, 0.29) is 5.91 Å². The Morgan fingerprint density at radius 1 is 1.02 bits per heavy atom. The van der Waals surface area contributed by atoms with E-state index in [2.05, 4.69) is 21.4 Å². The number of aliphatic carboxylic acids is 1. The van der Waals surface area contributed by atoms with Gasteiger partial charge in [0.2, 0.25) is 0 Å². The number of aromatic amines is 1. The molecule has 5 aromatic rings. The molecule has 222 valence electrons. The molecule has 6 rings (SSSR count). The number of hydrogen-bond donors (Lipinski definition) is 3. The van der Waals surface area contributed by atoms with E-state index >= 15 is 0 Å². The minimum absolute atomic E-state index is 0.321. The van der Waals surface area contributed by atoms with Crippen LogP contribution in [0, 0.1) is 11.3 Å². The van der Waals surface area contributed by atoms with Gasteiger partial charge < -0.3 is 19.6 Å². The average molecular weight is 603 g/mol. The lowest BCUT2D eigenvalue weighted by Crippen LogP contribution is -2.50. The number of carboxylic acids is 1. The Bertz CT molecular complexity index is 1940. The van der Waals surface area contributed by atoms with E-state index in [4.69, 9.17) is 24.3 Å². The fraction of sp³-hybridized carbons (Fsp3) is 0.129. The average Bonchev–Trinajstić information content (AvgIpc) is 3.40. The van der Waals surface area contributed by atoms with Gasteiger partial charge >= 0.3 is 17.9 Å². The zero-order valence-electron chi connectivity index (χ0n) is 22.5. The van der Waals surface area contributed by atoms with Gasteiger partial charge in [0, 0.05) is 18.2 Å². The van der Waals surface area contributed by atoms with Crippen molar-refractivity contribution < 1.29 is 37.0 Å². The monoisotopic (exact) mass is 602 g/mol. The third-order valence-corrected chi connectivity index (χ3v) is 6.89. The molecule has 3 N–H and O–H groups in total. The molecule has 3 heterocycles. The van der Waals surface area contributed by atoms with Crippen molar-refractivity contribution in [1.29, 1.82) is 5.26 Å². The highest BCUT2D eigenvalue weighted by molar-refractivity contribution is 5.98. The minimum Gasteiger partial charge on any atom is -0.491 e. The van der Waals surface area contributed by atoms with Gasteiger partial charge in [-0.2, -0.15) is 18.4 Å². The van der Waals surface area contributed by atoms with Crippen LogP contribution in [0.3, 0.4) is 0 Å². The second kappa shape index (κ2) is 11.8. The molecule has 0 fully saturated rings. The van der Waals surface area contributed by atoms with Gasteiger partial charge in [0.25, 0.3) is 5.91 Å². The van der Waals surface area contributed by atoms with Crippen LogP contribution < -0.4 is 15.8 Å². The highest BCUT2D eigenvalue weighted by Crippen LogP contribution is 2.41. The summed E-state index contributed by atoms with van der Waals surface area (Å²) in [4.78, 5) is 41.2. The number of hydrogen-bond acceptors (Lipinski definition) is 7. The van der Waals surface area contributed by atoms with Crippen molar-refractivity contribution in [3.05, 3.63) is 118 Å². The Morgan fingerprint density at radius 3 is 2.32 bits per heavy atom. The van der Waals surface area contributed by atoms with Gasteiger partial charge in [-0.05, 0) is 59.2 Å². The molecule has 0 bridgehead atoms. The molecule has 0 aliphatic carbocycles. The number of ether oxygens (including phenoxy) is 1. The van der Waals surface area contributed by atoms with Crippen molar-refractivity contribution in [3.63, 3.8) is 0 Å². The van der Waals surface area contributed by atoms with Crippen LogP contribution in [0.4, 0.5) is 13.2 Å². The van der Waals surface area contributed by atoms with Crippen molar-refractivity contribution >= 4 is 23.0 Å².